The maximum Gasteiger partial charge on any atom is 0.303 e. The fraction of sp³-hybridized carbons (Fsp3) is 0.700. The summed E-state index contributed by atoms with van der Waals surface area (Å²) in [5, 5.41) is 19.5. The van der Waals surface area contributed by atoms with Crippen molar-refractivity contribution in [3.05, 3.63) is 17.0 Å². The second kappa shape index (κ2) is 8.75. The molecule has 0 unspecified atom stereocenters. The first-order valence-corrected chi connectivity index (χ1v) is 10.2. The first-order valence-electron chi connectivity index (χ1n) is 10.2. The highest BCUT2D eigenvalue weighted by atomic mass is 16.4. The number of aliphatic carboxylic acids is 1. The van der Waals surface area contributed by atoms with Crippen LogP contribution in [0.1, 0.15) is 74.7 Å². The molecule has 3 rings (SSSR count). The Bertz CT molecular complexity index is 745. The summed E-state index contributed by atoms with van der Waals surface area (Å²) in [6.07, 6.45) is 7.65. The predicted octanol–water partition coefficient (Wildman–Crippen LogP) is 1.93. The third-order valence-corrected chi connectivity index (χ3v) is 6.07. The van der Waals surface area contributed by atoms with Crippen LogP contribution in [0.5, 0.6) is 0 Å². The van der Waals surface area contributed by atoms with Gasteiger partial charge in [-0.15, -0.1) is 0 Å². The average Bonchev–Trinajstić information content (AvgIpc) is 3.13. The Hall–Kier alpha value is -2.38. The second-order valence-corrected chi connectivity index (χ2v) is 8.16. The van der Waals surface area contributed by atoms with Crippen LogP contribution in [-0.4, -0.2) is 50.6 Å². The van der Waals surface area contributed by atoms with Crippen molar-refractivity contribution in [3.63, 3.8) is 0 Å². The molecule has 8 heteroatoms. The lowest BCUT2D eigenvalue weighted by Gasteiger charge is -2.29. The highest BCUT2D eigenvalue weighted by molar-refractivity contribution is 5.80. The highest BCUT2D eigenvalue weighted by Crippen LogP contribution is 2.30. The van der Waals surface area contributed by atoms with E-state index in [1.807, 2.05) is 0 Å². The number of H-pyrrole nitrogens is 1. The molecule has 3 N–H and O–H groups in total. The minimum atomic E-state index is -0.886. The quantitative estimate of drug-likeness (QED) is 0.587. The molecule has 0 bridgehead atoms. The van der Waals surface area contributed by atoms with Crippen molar-refractivity contribution in [2.45, 2.75) is 82.7 Å². The minimum Gasteiger partial charge on any atom is -0.481 e. The van der Waals surface area contributed by atoms with E-state index in [-0.39, 0.29) is 24.7 Å². The fourth-order valence-electron chi connectivity index (χ4n) is 4.33. The molecule has 1 aromatic rings. The van der Waals surface area contributed by atoms with Crippen LogP contribution < -0.4 is 5.32 Å². The zero-order valence-corrected chi connectivity index (χ0v) is 16.6. The fourth-order valence-corrected chi connectivity index (χ4v) is 4.33. The molecule has 28 heavy (non-hydrogen) atoms. The van der Waals surface area contributed by atoms with E-state index in [9.17, 15) is 14.4 Å². The van der Waals surface area contributed by atoms with E-state index in [0.29, 0.717) is 32.2 Å². The third-order valence-electron chi connectivity index (χ3n) is 6.07. The lowest BCUT2D eigenvalue weighted by Crippen LogP contribution is -2.43. The summed E-state index contributed by atoms with van der Waals surface area (Å²) in [5.41, 5.74) is 2.84. The van der Waals surface area contributed by atoms with Gasteiger partial charge in [-0.25, -0.2) is 0 Å². The zero-order valence-electron chi connectivity index (χ0n) is 16.6. The number of nitrogens with zero attached hydrogens (tertiary/aromatic N) is 2. The Balaban J connectivity index is 1.57. The SMILES string of the molecule is CN(Cc1n[nH]c2c1CCCCC2)C(=O)CC[C@]1(CCC(=O)O)CCC(=O)N1. The molecule has 2 amide bonds. The summed E-state index contributed by atoms with van der Waals surface area (Å²) in [4.78, 5) is 37.0. The Labute approximate surface area is 165 Å². The topological polar surface area (TPSA) is 115 Å². The van der Waals surface area contributed by atoms with Gasteiger partial charge in [-0.05, 0) is 50.5 Å². The van der Waals surface area contributed by atoms with Crippen LogP contribution in [0.2, 0.25) is 0 Å². The van der Waals surface area contributed by atoms with Crippen molar-refractivity contribution >= 4 is 17.8 Å². The Morgan fingerprint density at radius 1 is 1.14 bits per heavy atom. The van der Waals surface area contributed by atoms with Gasteiger partial charge in [-0.2, -0.15) is 5.10 Å². The molecular weight excluding hydrogens is 360 g/mol. The number of hydrogen-bond acceptors (Lipinski definition) is 4. The van der Waals surface area contributed by atoms with Crippen molar-refractivity contribution in [1.82, 2.24) is 20.4 Å². The number of aromatic amines is 1. The van der Waals surface area contributed by atoms with Gasteiger partial charge in [0.15, 0.2) is 0 Å². The van der Waals surface area contributed by atoms with Gasteiger partial charge in [0, 0.05) is 37.5 Å². The van der Waals surface area contributed by atoms with Gasteiger partial charge in [0.05, 0.1) is 12.2 Å². The average molecular weight is 390 g/mol. The van der Waals surface area contributed by atoms with Gasteiger partial charge in [0.25, 0.3) is 0 Å². The van der Waals surface area contributed by atoms with Crippen molar-refractivity contribution in [2.24, 2.45) is 0 Å². The van der Waals surface area contributed by atoms with E-state index >= 15 is 0 Å². The van der Waals surface area contributed by atoms with E-state index in [2.05, 4.69) is 15.5 Å². The molecule has 8 nitrogen and oxygen atoms in total. The lowest BCUT2D eigenvalue weighted by atomic mass is 9.86. The second-order valence-electron chi connectivity index (χ2n) is 8.16. The Morgan fingerprint density at radius 2 is 1.89 bits per heavy atom. The van der Waals surface area contributed by atoms with Crippen molar-refractivity contribution in [3.8, 4) is 0 Å². The molecule has 1 aliphatic heterocycles. The summed E-state index contributed by atoms with van der Waals surface area (Å²) in [7, 11) is 1.78. The number of amides is 2. The zero-order chi connectivity index (χ0) is 20.1. The number of carboxylic acid groups (broad SMARTS) is 1. The van der Waals surface area contributed by atoms with Crippen molar-refractivity contribution in [1.29, 1.82) is 0 Å². The molecule has 2 aliphatic rings. The maximum atomic E-state index is 12.7. The van der Waals surface area contributed by atoms with Gasteiger partial charge in [-0.1, -0.05) is 6.42 Å². The molecule has 1 aromatic heterocycles. The van der Waals surface area contributed by atoms with Crippen LogP contribution in [0.25, 0.3) is 0 Å². The number of aromatic nitrogens is 2. The van der Waals surface area contributed by atoms with Crippen LogP contribution in [0.15, 0.2) is 0 Å². The van der Waals surface area contributed by atoms with E-state index in [4.69, 9.17) is 5.11 Å². The summed E-state index contributed by atoms with van der Waals surface area (Å²) < 4.78 is 0. The highest BCUT2D eigenvalue weighted by Gasteiger charge is 2.38. The van der Waals surface area contributed by atoms with Crippen LogP contribution in [0.4, 0.5) is 0 Å². The van der Waals surface area contributed by atoms with Crippen LogP contribution in [-0.2, 0) is 33.8 Å². The largest absolute Gasteiger partial charge is 0.481 e. The number of hydrogen-bond donors (Lipinski definition) is 3. The van der Waals surface area contributed by atoms with Gasteiger partial charge in [-0.3, -0.25) is 19.5 Å². The van der Waals surface area contributed by atoms with E-state index in [1.54, 1.807) is 11.9 Å². The number of aryl methyl sites for hydroxylation is 1. The molecule has 1 fully saturated rings. The minimum absolute atomic E-state index is 0.0102. The number of carboxylic acids is 1. The van der Waals surface area contributed by atoms with E-state index in [0.717, 1.165) is 25.0 Å². The molecule has 0 spiro atoms. The summed E-state index contributed by atoms with van der Waals surface area (Å²) in [5.74, 6) is -0.963. The molecule has 1 saturated heterocycles. The first-order chi connectivity index (χ1) is 13.4. The van der Waals surface area contributed by atoms with Crippen LogP contribution >= 0.6 is 0 Å². The van der Waals surface area contributed by atoms with Crippen molar-refractivity contribution in [2.75, 3.05) is 7.05 Å². The molecule has 154 valence electrons. The van der Waals surface area contributed by atoms with Crippen LogP contribution in [0.3, 0.4) is 0 Å². The molecule has 1 atom stereocenters. The molecular formula is C20H30N4O4. The van der Waals surface area contributed by atoms with Crippen LogP contribution in [0, 0.1) is 0 Å². The van der Waals surface area contributed by atoms with Gasteiger partial charge >= 0.3 is 5.97 Å². The van der Waals surface area contributed by atoms with E-state index in [1.165, 1.54) is 24.1 Å². The smallest absolute Gasteiger partial charge is 0.303 e. The van der Waals surface area contributed by atoms with Gasteiger partial charge in [0.2, 0.25) is 11.8 Å². The lowest BCUT2D eigenvalue weighted by molar-refractivity contribution is -0.137. The number of rotatable bonds is 8. The summed E-state index contributed by atoms with van der Waals surface area (Å²) >= 11 is 0. The molecule has 0 aromatic carbocycles. The maximum absolute atomic E-state index is 12.7. The standard InChI is InChI=1S/C20H30N4O4/c1-24(13-16-14-5-3-2-4-6-15(14)22-23-16)18(26)8-11-20(12-9-19(27)28)10-7-17(25)21-20/h2-13H2,1H3,(H,21,25)(H,22,23)(H,27,28)/t20-/m0/s1. The predicted molar refractivity (Wildman–Crippen MR) is 103 cm³/mol. The third kappa shape index (κ3) is 4.91. The Morgan fingerprint density at radius 3 is 2.61 bits per heavy atom. The Kier molecular flexibility index (Phi) is 6.36. The molecule has 2 heterocycles. The van der Waals surface area contributed by atoms with E-state index < -0.39 is 11.5 Å². The number of nitrogens with one attached hydrogen (secondary N) is 2. The number of fused-ring (bicyclic) bond motifs is 1. The monoisotopic (exact) mass is 390 g/mol. The molecule has 1 aliphatic carbocycles. The van der Waals surface area contributed by atoms with Crippen molar-refractivity contribution < 1.29 is 19.5 Å². The first kappa shape index (κ1) is 20.4. The molecule has 0 radical (unpaired) electrons. The van der Waals surface area contributed by atoms with Gasteiger partial charge in [0.1, 0.15) is 0 Å². The normalized spacial score (nSPS) is 21.7. The summed E-state index contributed by atoms with van der Waals surface area (Å²) in [6.45, 7) is 0.471. The molecule has 0 saturated carbocycles. The number of carbonyl (C=O) groups excluding carboxylic acids is 2. The summed E-state index contributed by atoms with van der Waals surface area (Å²) in [6, 6.07) is 0. The van der Waals surface area contributed by atoms with Gasteiger partial charge < -0.3 is 15.3 Å². The number of carbonyl (C=O) groups is 3.